The van der Waals surface area contributed by atoms with Crippen molar-refractivity contribution in [3.63, 3.8) is 0 Å². The number of H-pyrrole nitrogens is 1. The van der Waals surface area contributed by atoms with Crippen LogP contribution in [0.15, 0.2) is 5.76 Å². The van der Waals surface area contributed by atoms with Gasteiger partial charge < -0.3 is 14.5 Å². The molecule has 0 radical (unpaired) electrons. The molecule has 28 heavy (non-hydrogen) atoms. The quantitative estimate of drug-likeness (QED) is 0.489. The number of hydrogen-bond acceptors (Lipinski definition) is 4. The van der Waals surface area contributed by atoms with Gasteiger partial charge in [-0.25, -0.2) is 4.79 Å². The first-order valence-corrected chi connectivity index (χ1v) is 10.2. The van der Waals surface area contributed by atoms with Gasteiger partial charge in [0.1, 0.15) is 17.1 Å². The summed E-state index contributed by atoms with van der Waals surface area (Å²) in [6.07, 6.45) is 4.60. The highest BCUT2D eigenvalue weighted by Gasteiger charge is 2.40. The maximum Gasteiger partial charge on any atom is 0.355 e. The van der Waals surface area contributed by atoms with Crippen LogP contribution in [0.25, 0.3) is 5.57 Å². The number of cyclic esters (lactones) is 1. The monoisotopic (exact) mass is 389 g/mol. The van der Waals surface area contributed by atoms with Gasteiger partial charge in [0.25, 0.3) is 0 Å². The number of rotatable bonds is 6. The number of aromatic amines is 1. The van der Waals surface area contributed by atoms with Gasteiger partial charge in [-0.3, -0.25) is 4.79 Å². The van der Waals surface area contributed by atoms with Crippen molar-refractivity contribution < 1.29 is 19.1 Å². The number of aromatic nitrogens is 1. The number of esters is 2. The summed E-state index contributed by atoms with van der Waals surface area (Å²) in [5, 5.41) is 0. The van der Waals surface area contributed by atoms with E-state index in [4.69, 9.17) is 9.47 Å². The average Bonchev–Trinajstić information content (AvgIpc) is 3.00. The van der Waals surface area contributed by atoms with Crippen LogP contribution in [0.1, 0.15) is 101 Å². The average molecular weight is 390 g/mol. The molecule has 1 aliphatic heterocycles. The Morgan fingerprint density at radius 3 is 2.25 bits per heavy atom. The summed E-state index contributed by atoms with van der Waals surface area (Å²) in [5.74, 6) is 0.177. The molecule has 0 atom stereocenters. The normalized spacial score (nSPS) is 18.2. The summed E-state index contributed by atoms with van der Waals surface area (Å²) in [7, 11) is 0. The molecule has 1 aromatic rings. The SMILES string of the molecule is CCCCC/C(=C1/CC(C)(C)C(=O)O1)c1[nH]c(C(=O)OC(C)(C)C)c(C)c1C. The lowest BCUT2D eigenvalue weighted by Crippen LogP contribution is -2.24. The molecule has 0 unspecified atom stereocenters. The zero-order valence-corrected chi connectivity index (χ0v) is 18.7. The Hall–Kier alpha value is -2.04. The van der Waals surface area contributed by atoms with E-state index in [0.29, 0.717) is 12.1 Å². The van der Waals surface area contributed by atoms with Gasteiger partial charge in [-0.15, -0.1) is 0 Å². The largest absolute Gasteiger partial charge is 0.455 e. The molecule has 1 saturated heterocycles. The van der Waals surface area contributed by atoms with Crippen molar-refractivity contribution in [3.8, 4) is 0 Å². The molecule has 0 aromatic carbocycles. The highest BCUT2D eigenvalue weighted by Crippen LogP contribution is 2.41. The van der Waals surface area contributed by atoms with E-state index in [0.717, 1.165) is 53.8 Å². The van der Waals surface area contributed by atoms with E-state index in [1.165, 1.54) is 0 Å². The fourth-order valence-corrected chi connectivity index (χ4v) is 3.41. The molecule has 0 amide bonds. The van der Waals surface area contributed by atoms with Gasteiger partial charge in [0, 0.05) is 17.7 Å². The van der Waals surface area contributed by atoms with E-state index in [2.05, 4.69) is 11.9 Å². The molecule has 1 N–H and O–H groups in total. The Kier molecular flexibility index (Phi) is 6.47. The minimum atomic E-state index is -0.559. The second-order valence-electron chi connectivity index (χ2n) is 9.44. The van der Waals surface area contributed by atoms with Gasteiger partial charge in [-0.05, 0) is 72.4 Å². The number of unbranched alkanes of at least 4 members (excludes halogenated alkanes) is 2. The molecule has 5 nitrogen and oxygen atoms in total. The minimum absolute atomic E-state index is 0.191. The van der Waals surface area contributed by atoms with Crippen LogP contribution in [0.2, 0.25) is 0 Å². The zero-order valence-electron chi connectivity index (χ0n) is 18.7. The maximum atomic E-state index is 12.7. The summed E-state index contributed by atoms with van der Waals surface area (Å²) < 4.78 is 11.2. The third-order valence-electron chi connectivity index (χ3n) is 5.21. The molecule has 5 heteroatoms. The van der Waals surface area contributed by atoms with Crippen molar-refractivity contribution in [2.45, 2.75) is 93.1 Å². The number of allylic oxidation sites excluding steroid dienone is 2. The summed E-state index contributed by atoms with van der Waals surface area (Å²) in [6, 6.07) is 0. The number of carbonyl (C=O) groups is 2. The number of hydrogen-bond donors (Lipinski definition) is 1. The van der Waals surface area contributed by atoms with Crippen molar-refractivity contribution in [1.29, 1.82) is 0 Å². The highest BCUT2D eigenvalue weighted by molar-refractivity contribution is 5.92. The minimum Gasteiger partial charge on any atom is -0.455 e. The smallest absolute Gasteiger partial charge is 0.355 e. The van der Waals surface area contributed by atoms with Crippen LogP contribution in [-0.4, -0.2) is 22.5 Å². The van der Waals surface area contributed by atoms with Gasteiger partial charge >= 0.3 is 11.9 Å². The van der Waals surface area contributed by atoms with E-state index in [9.17, 15) is 9.59 Å². The first kappa shape index (κ1) is 22.3. The Labute approximate surface area is 168 Å². The first-order valence-electron chi connectivity index (χ1n) is 10.2. The second-order valence-corrected chi connectivity index (χ2v) is 9.44. The van der Waals surface area contributed by atoms with Crippen molar-refractivity contribution in [1.82, 2.24) is 4.98 Å². The van der Waals surface area contributed by atoms with Crippen LogP contribution >= 0.6 is 0 Å². The second kappa shape index (κ2) is 8.14. The molecule has 0 saturated carbocycles. The van der Waals surface area contributed by atoms with Crippen molar-refractivity contribution >= 4 is 17.5 Å². The zero-order chi connectivity index (χ0) is 21.3. The highest BCUT2D eigenvalue weighted by atomic mass is 16.6. The Balaban J connectivity index is 2.48. The Morgan fingerprint density at radius 2 is 1.75 bits per heavy atom. The maximum absolute atomic E-state index is 12.7. The molecule has 0 aliphatic carbocycles. The summed E-state index contributed by atoms with van der Waals surface area (Å²) in [6.45, 7) is 15.5. The molecule has 1 aliphatic rings. The van der Waals surface area contributed by atoms with Crippen LogP contribution in [0.5, 0.6) is 0 Å². The third kappa shape index (κ3) is 4.86. The predicted molar refractivity (Wildman–Crippen MR) is 111 cm³/mol. The topological polar surface area (TPSA) is 68.4 Å². The van der Waals surface area contributed by atoms with E-state index in [1.54, 1.807) is 0 Å². The third-order valence-corrected chi connectivity index (χ3v) is 5.21. The fourth-order valence-electron chi connectivity index (χ4n) is 3.41. The predicted octanol–water partition coefficient (Wildman–Crippen LogP) is 5.85. The van der Waals surface area contributed by atoms with Crippen LogP contribution in [0.4, 0.5) is 0 Å². The van der Waals surface area contributed by atoms with Gasteiger partial charge in [0.05, 0.1) is 5.41 Å². The van der Waals surface area contributed by atoms with Gasteiger partial charge in [-0.1, -0.05) is 19.8 Å². The van der Waals surface area contributed by atoms with Crippen molar-refractivity contribution in [2.75, 3.05) is 0 Å². The number of ether oxygens (including phenoxy) is 2. The lowest BCUT2D eigenvalue weighted by atomic mass is 9.89. The van der Waals surface area contributed by atoms with Crippen LogP contribution in [0, 0.1) is 19.3 Å². The van der Waals surface area contributed by atoms with E-state index >= 15 is 0 Å². The van der Waals surface area contributed by atoms with Crippen LogP contribution in [0.3, 0.4) is 0 Å². The van der Waals surface area contributed by atoms with Crippen molar-refractivity contribution in [3.05, 3.63) is 28.3 Å². The van der Waals surface area contributed by atoms with Gasteiger partial charge in [0.2, 0.25) is 0 Å². The molecule has 156 valence electrons. The molecule has 1 fully saturated rings. The molecule has 0 bridgehead atoms. The summed E-state index contributed by atoms with van der Waals surface area (Å²) >= 11 is 0. The lowest BCUT2D eigenvalue weighted by molar-refractivity contribution is -0.142. The standard InChI is InChI=1S/C23H35NO4/c1-9-10-11-12-16(17-13-23(7,8)21(26)27-17)18-14(2)15(3)19(24-18)20(25)28-22(4,5)6/h24H,9-13H2,1-8H3/b17-16+. The van der Waals surface area contributed by atoms with Gasteiger partial charge in [0.15, 0.2) is 0 Å². The Morgan fingerprint density at radius 1 is 1.14 bits per heavy atom. The summed E-state index contributed by atoms with van der Waals surface area (Å²) in [4.78, 5) is 28.2. The lowest BCUT2D eigenvalue weighted by Gasteiger charge is -2.19. The molecule has 2 heterocycles. The van der Waals surface area contributed by atoms with Crippen LogP contribution < -0.4 is 0 Å². The molecule has 0 spiro atoms. The summed E-state index contributed by atoms with van der Waals surface area (Å²) in [5.41, 5.74) is 3.16. The van der Waals surface area contributed by atoms with E-state index in [1.807, 2.05) is 48.5 Å². The number of carbonyl (C=O) groups excluding carboxylic acids is 2. The van der Waals surface area contributed by atoms with Crippen molar-refractivity contribution in [2.24, 2.45) is 5.41 Å². The first-order chi connectivity index (χ1) is 12.9. The molecule has 1 aromatic heterocycles. The molecular weight excluding hydrogens is 354 g/mol. The Bertz CT molecular complexity index is 790. The van der Waals surface area contributed by atoms with Crippen LogP contribution in [-0.2, 0) is 14.3 Å². The van der Waals surface area contributed by atoms with Gasteiger partial charge in [-0.2, -0.15) is 0 Å². The number of nitrogens with one attached hydrogen (secondary N) is 1. The fraction of sp³-hybridized carbons (Fsp3) is 0.652. The van der Waals surface area contributed by atoms with E-state index in [-0.39, 0.29) is 11.9 Å². The van der Waals surface area contributed by atoms with E-state index < -0.39 is 11.0 Å². The molecule has 2 rings (SSSR count). The molecular formula is C23H35NO4.